The average Bonchev–Trinajstić information content (AvgIpc) is 2.68. The molecule has 1 amide bonds. The number of nitrogens with zero attached hydrogens (tertiary/aromatic N) is 1. The van der Waals surface area contributed by atoms with E-state index in [0.717, 1.165) is 18.5 Å². The van der Waals surface area contributed by atoms with Gasteiger partial charge in [-0.1, -0.05) is 6.07 Å². The normalized spacial score (nSPS) is 13.5. The number of fused-ring (bicyclic) bond motifs is 1. The molecule has 3 rings (SSSR count). The lowest BCUT2D eigenvalue weighted by Crippen LogP contribution is -2.35. The van der Waals surface area contributed by atoms with Crippen molar-refractivity contribution in [3.8, 4) is 0 Å². The zero-order chi connectivity index (χ0) is 20.1. The van der Waals surface area contributed by atoms with Crippen LogP contribution in [0.1, 0.15) is 34.0 Å². The van der Waals surface area contributed by atoms with Crippen molar-refractivity contribution in [1.29, 1.82) is 5.41 Å². The molecule has 1 aliphatic heterocycles. The van der Waals surface area contributed by atoms with Gasteiger partial charge in [0.15, 0.2) is 0 Å². The fourth-order valence-electron chi connectivity index (χ4n) is 3.22. The van der Waals surface area contributed by atoms with Crippen molar-refractivity contribution in [2.45, 2.75) is 19.9 Å². The van der Waals surface area contributed by atoms with Crippen LogP contribution in [-0.2, 0) is 22.5 Å². The standard InChI is InChI=1S/C21H24N4O3/c1-2-28-19(26)13-25-10-9-14-3-4-16(11-17(14)12-25)21(27)24-18-7-5-15(6-8-18)20(22)23/h3-8,11H,2,9-10,12-13H2,1H3,(H3,22,23)(H,24,27). The van der Waals surface area contributed by atoms with Gasteiger partial charge < -0.3 is 15.8 Å². The van der Waals surface area contributed by atoms with E-state index >= 15 is 0 Å². The number of amidine groups is 1. The molecule has 0 fully saturated rings. The number of nitrogens with one attached hydrogen (secondary N) is 2. The second-order valence-electron chi connectivity index (χ2n) is 6.69. The van der Waals surface area contributed by atoms with Gasteiger partial charge in [-0.3, -0.25) is 19.9 Å². The molecule has 0 saturated heterocycles. The van der Waals surface area contributed by atoms with Crippen molar-refractivity contribution < 1.29 is 14.3 Å². The number of amides is 1. The lowest BCUT2D eigenvalue weighted by atomic mass is 9.97. The van der Waals surface area contributed by atoms with E-state index in [4.69, 9.17) is 15.9 Å². The summed E-state index contributed by atoms with van der Waals surface area (Å²) >= 11 is 0. The van der Waals surface area contributed by atoms with Gasteiger partial charge in [0.25, 0.3) is 5.91 Å². The highest BCUT2D eigenvalue weighted by molar-refractivity contribution is 6.04. The Morgan fingerprint density at radius 3 is 2.54 bits per heavy atom. The van der Waals surface area contributed by atoms with Gasteiger partial charge in [-0.2, -0.15) is 0 Å². The van der Waals surface area contributed by atoms with Crippen molar-refractivity contribution in [3.63, 3.8) is 0 Å². The highest BCUT2D eigenvalue weighted by Gasteiger charge is 2.20. The van der Waals surface area contributed by atoms with Crippen LogP contribution < -0.4 is 11.1 Å². The number of ether oxygens (including phenoxy) is 1. The van der Waals surface area contributed by atoms with Crippen molar-refractivity contribution in [2.24, 2.45) is 5.73 Å². The zero-order valence-corrected chi connectivity index (χ0v) is 15.8. The minimum absolute atomic E-state index is 0.0139. The molecule has 4 N–H and O–H groups in total. The third kappa shape index (κ3) is 4.75. The SMILES string of the molecule is CCOC(=O)CN1CCc2ccc(C(=O)Nc3ccc(C(=N)N)cc3)cc2C1. The highest BCUT2D eigenvalue weighted by atomic mass is 16.5. The smallest absolute Gasteiger partial charge is 0.320 e. The summed E-state index contributed by atoms with van der Waals surface area (Å²) in [5.41, 5.74) is 9.49. The Hall–Kier alpha value is -3.19. The van der Waals surface area contributed by atoms with E-state index in [2.05, 4.69) is 5.32 Å². The fourth-order valence-corrected chi connectivity index (χ4v) is 3.22. The molecule has 28 heavy (non-hydrogen) atoms. The maximum absolute atomic E-state index is 12.6. The summed E-state index contributed by atoms with van der Waals surface area (Å²) in [4.78, 5) is 26.3. The quantitative estimate of drug-likeness (QED) is 0.404. The first kappa shape index (κ1) is 19.6. The van der Waals surface area contributed by atoms with Gasteiger partial charge in [-0.05, 0) is 60.9 Å². The maximum Gasteiger partial charge on any atom is 0.320 e. The molecule has 0 radical (unpaired) electrons. The number of carbonyl (C=O) groups is 2. The number of anilines is 1. The summed E-state index contributed by atoms with van der Waals surface area (Å²) in [7, 11) is 0. The lowest BCUT2D eigenvalue weighted by molar-refractivity contribution is -0.144. The Morgan fingerprint density at radius 2 is 1.86 bits per heavy atom. The van der Waals surface area contributed by atoms with Crippen LogP contribution in [0.4, 0.5) is 5.69 Å². The minimum Gasteiger partial charge on any atom is -0.465 e. The van der Waals surface area contributed by atoms with E-state index in [1.807, 2.05) is 23.1 Å². The van der Waals surface area contributed by atoms with Crippen molar-refractivity contribution in [3.05, 3.63) is 64.7 Å². The molecule has 0 atom stereocenters. The van der Waals surface area contributed by atoms with Crippen LogP contribution in [0, 0.1) is 5.41 Å². The molecule has 2 aromatic rings. The molecule has 0 bridgehead atoms. The van der Waals surface area contributed by atoms with E-state index in [1.54, 1.807) is 31.2 Å². The molecular formula is C21H24N4O3. The van der Waals surface area contributed by atoms with E-state index < -0.39 is 0 Å². The highest BCUT2D eigenvalue weighted by Crippen LogP contribution is 2.21. The molecule has 0 spiro atoms. The first-order valence-electron chi connectivity index (χ1n) is 9.22. The predicted molar refractivity (Wildman–Crippen MR) is 107 cm³/mol. The number of benzene rings is 2. The van der Waals surface area contributed by atoms with Crippen LogP contribution in [0.25, 0.3) is 0 Å². The zero-order valence-electron chi connectivity index (χ0n) is 15.8. The third-order valence-electron chi connectivity index (χ3n) is 4.67. The van der Waals surface area contributed by atoms with Crippen LogP contribution in [0.5, 0.6) is 0 Å². The van der Waals surface area contributed by atoms with Gasteiger partial charge in [-0.25, -0.2) is 0 Å². The largest absolute Gasteiger partial charge is 0.465 e. The summed E-state index contributed by atoms with van der Waals surface area (Å²) in [5, 5.41) is 10.3. The molecule has 1 aliphatic rings. The van der Waals surface area contributed by atoms with Gasteiger partial charge in [-0.15, -0.1) is 0 Å². The number of nitrogen functional groups attached to an aromatic ring is 1. The Balaban J connectivity index is 1.68. The Morgan fingerprint density at radius 1 is 1.14 bits per heavy atom. The first-order valence-corrected chi connectivity index (χ1v) is 9.22. The second kappa shape index (κ2) is 8.67. The van der Waals surface area contributed by atoms with Crippen LogP contribution in [0.2, 0.25) is 0 Å². The van der Waals surface area contributed by atoms with Gasteiger partial charge in [0.2, 0.25) is 0 Å². The van der Waals surface area contributed by atoms with E-state index in [0.29, 0.717) is 30.0 Å². The molecule has 146 valence electrons. The summed E-state index contributed by atoms with van der Waals surface area (Å²) in [6.45, 7) is 3.83. The molecule has 7 heteroatoms. The van der Waals surface area contributed by atoms with Gasteiger partial charge in [0.05, 0.1) is 13.2 Å². The summed E-state index contributed by atoms with van der Waals surface area (Å²) in [5.74, 6) is -0.449. The van der Waals surface area contributed by atoms with Crippen molar-refractivity contribution in [1.82, 2.24) is 4.90 Å². The molecule has 0 aliphatic carbocycles. The number of nitrogens with two attached hydrogens (primary N) is 1. The van der Waals surface area contributed by atoms with Gasteiger partial charge in [0, 0.05) is 29.9 Å². The van der Waals surface area contributed by atoms with Gasteiger partial charge >= 0.3 is 5.97 Å². The van der Waals surface area contributed by atoms with Crippen LogP contribution >= 0.6 is 0 Å². The average molecular weight is 380 g/mol. The molecule has 0 saturated carbocycles. The van der Waals surface area contributed by atoms with E-state index in [9.17, 15) is 9.59 Å². The van der Waals surface area contributed by atoms with Crippen molar-refractivity contribution in [2.75, 3.05) is 25.0 Å². The molecule has 0 aromatic heterocycles. The molecule has 2 aromatic carbocycles. The van der Waals surface area contributed by atoms with Crippen LogP contribution in [0.3, 0.4) is 0 Å². The third-order valence-corrected chi connectivity index (χ3v) is 4.67. The fraction of sp³-hybridized carbons (Fsp3) is 0.286. The molecule has 7 nitrogen and oxygen atoms in total. The molecule has 0 unspecified atom stereocenters. The number of esters is 1. The van der Waals surface area contributed by atoms with Gasteiger partial charge in [0.1, 0.15) is 5.84 Å². The van der Waals surface area contributed by atoms with Crippen molar-refractivity contribution >= 4 is 23.4 Å². The summed E-state index contributed by atoms with van der Waals surface area (Å²) < 4.78 is 5.02. The van der Waals surface area contributed by atoms with Crippen LogP contribution in [0.15, 0.2) is 42.5 Å². The summed E-state index contributed by atoms with van der Waals surface area (Å²) in [6.07, 6.45) is 0.836. The predicted octanol–water partition coefficient (Wildman–Crippen LogP) is 2.14. The van der Waals surface area contributed by atoms with E-state index in [-0.39, 0.29) is 24.3 Å². The number of hydrogen-bond donors (Lipinski definition) is 3. The molecular weight excluding hydrogens is 356 g/mol. The summed E-state index contributed by atoms with van der Waals surface area (Å²) in [6, 6.07) is 12.5. The lowest BCUT2D eigenvalue weighted by Gasteiger charge is -2.28. The van der Waals surface area contributed by atoms with E-state index in [1.165, 1.54) is 5.56 Å². The Labute approximate surface area is 164 Å². The van der Waals surface area contributed by atoms with Crippen LogP contribution in [-0.4, -0.2) is 42.3 Å². The maximum atomic E-state index is 12.6. The first-order chi connectivity index (χ1) is 13.5. The number of hydrogen-bond acceptors (Lipinski definition) is 5. The Kier molecular flexibility index (Phi) is 6.06. The Bertz CT molecular complexity index is 893. The monoisotopic (exact) mass is 380 g/mol. The molecule has 1 heterocycles. The number of rotatable bonds is 6. The number of carbonyl (C=O) groups excluding carboxylic acids is 2. The topological polar surface area (TPSA) is 109 Å². The minimum atomic E-state index is -0.228. The second-order valence-corrected chi connectivity index (χ2v) is 6.69.